The van der Waals surface area contributed by atoms with Crippen molar-refractivity contribution >= 4 is 0 Å². The number of likely N-dealkylation sites (tertiary alicyclic amines) is 1. The molecule has 1 saturated heterocycles. The fraction of sp³-hybridized carbons (Fsp3) is 0.433. The number of aromatic hydroxyl groups is 1. The molecule has 0 amide bonds. The van der Waals surface area contributed by atoms with Gasteiger partial charge in [-0.2, -0.15) is 0 Å². The Morgan fingerprint density at radius 1 is 1.06 bits per heavy atom. The van der Waals surface area contributed by atoms with Crippen molar-refractivity contribution in [2.75, 3.05) is 13.1 Å². The normalized spacial score (nSPS) is 32.0. The van der Waals surface area contributed by atoms with E-state index in [0.29, 0.717) is 12.2 Å². The highest BCUT2D eigenvalue weighted by atomic mass is 16.5. The summed E-state index contributed by atoms with van der Waals surface area (Å²) in [5.74, 6) is 1.52. The highest BCUT2D eigenvalue weighted by molar-refractivity contribution is 5.64. The summed E-state index contributed by atoms with van der Waals surface area (Å²) in [6.45, 7) is 2.04. The molecule has 3 heterocycles. The number of phenols is 1. The number of piperidine rings is 1. The Morgan fingerprint density at radius 3 is 2.74 bits per heavy atom. The van der Waals surface area contributed by atoms with Crippen molar-refractivity contribution in [3.05, 3.63) is 88.2 Å². The average Bonchev–Trinajstić information content (AvgIpc) is 3.59. The van der Waals surface area contributed by atoms with Crippen molar-refractivity contribution in [2.24, 2.45) is 5.92 Å². The Balaban J connectivity index is 1.29. The predicted molar refractivity (Wildman–Crippen MR) is 132 cm³/mol. The molecule has 1 spiro atoms. The van der Waals surface area contributed by atoms with Crippen LogP contribution in [0.5, 0.6) is 11.5 Å². The third-order valence-electron chi connectivity index (χ3n) is 9.53. The molecule has 3 aliphatic carbocycles. The molecular formula is C30H30N2O3. The first kappa shape index (κ1) is 20.3. The Bertz CT molecular complexity index is 1350. The van der Waals surface area contributed by atoms with E-state index in [1.165, 1.54) is 24.0 Å². The SMILES string of the molecule is Oc1ccc2c3c1O[C@H]1c4ncc(Cc5ccccc5)cc4C[C@@]4(O)[C@H](C2)N(CC2CC2)CC[C@]314. The van der Waals surface area contributed by atoms with E-state index in [1.807, 2.05) is 12.3 Å². The van der Waals surface area contributed by atoms with Gasteiger partial charge in [0.2, 0.25) is 0 Å². The van der Waals surface area contributed by atoms with E-state index in [-0.39, 0.29) is 17.9 Å². The highest BCUT2D eigenvalue weighted by Gasteiger charge is 2.72. The molecule has 2 aromatic carbocycles. The van der Waals surface area contributed by atoms with Crippen LogP contribution in [0, 0.1) is 5.92 Å². The number of rotatable bonds is 4. The Morgan fingerprint density at radius 2 is 1.91 bits per heavy atom. The summed E-state index contributed by atoms with van der Waals surface area (Å²) < 4.78 is 6.60. The Labute approximate surface area is 205 Å². The number of benzene rings is 2. The van der Waals surface area contributed by atoms with Crippen LogP contribution in [0.25, 0.3) is 0 Å². The summed E-state index contributed by atoms with van der Waals surface area (Å²) in [5.41, 5.74) is 5.21. The summed E-state index contributed by atoms with van der Waals surface area (Å²) in [6.07, 6.45) is 7.25. The summed E-state index contributed by atoms with van der Waals surface area (Å²) in [7, 11) is 0. The topological polar surface area (TPSA) is 65.8 Å². The number of aliphatic hydroxyl groups is 1. The lowest BCUT2D eigenvalue weighted by atomic mass is 9.49. The lowest BCUT2D eigenvalue weighted by Crippen LogP contribution is -2.74. The van der Waals surface area contributed by atoms with Gasteiger partial charge in [-0.15, -0.1) is 0 Å². The number of pyridine rings is 1. The fourth-order valence-electron chi connectivity index (χ4n) is 7.82. The fourth-order valence-corrected chi connectivity index (χ4v) is 7.82. The smallest absolute Gasteiger partial charge is 0.166 e. The van der Waals surface area contributed by atoms with Crippen molar-refractivity contribution in [3.63, 3.8) is 0 Å². The van der Waals surface area contributed by atoms with Gasteiger partial charge in [-0.05, 0) is 72.9 Å². The zero-order valence-electron chi connectivity index (χ0n) is 19.8. The van der Waals surface area contributed by atoms with E-state index in [4.69, 9.17) is 9.72 Å². The number of hydrogen-bond donors (Lipinski definition) is 2. The summed E-state index contributed by atoms with van der Waals surface area (Å²) >= 11 is 0. The molecule has 2 aliphatic heterocycles. The first-order valence-corrected chi connectivity index (χ1v) is 13.1. The van der Waals surface area contributed by atoms with Crippen molar-refractivity contribution in [1.82, 2.24) is 9.88 Å². The zero-order chi connectivity index (χ0) is 23.4. The molecule has 4 atom stereocenters. The lowest BCUT2D eigenvalue weighted by Gasteiger charge is -2.63. The van der Waals surface area contributed by atoms with Gasteiger partial charge in [-0.25, -0.2) is 0 Å². The molecule has 0 unspecified atom stereocenters. The molecule has 5 heteroatoms. The van der Waals surface area contributed by atoms with E-state index >= 15 is 0 Å². The standard InChI is InChI=1S/C30H30N2O3/c33-23-9-8-21-14-24-30(34)15-22-13-20(12-18-4-2-1-3-5-18)16-31-26(22)28-29(30,25(21)27(23)35-28)10-11-32(24)17-19-6-7-19/h1-5,8-9,13,16,19,24,28,33-34H,6-7,10-12,14-15,17H2/t24-,28-,29-,30+/m0/s1. The number of fused-ring (bicyclic) bond motifs is 2. The molecule has 2 N–H and O–H groups in total. The van der Waals surface area contributed by atoms with Gasteiger partial charge < -0.3 is 14.9 Å². The van der Waals surface area contributed by atoms with E-state index in [0.717, 1.165) is 60.7 Å². The number of aromatic nitrogens is 1. The van der Waals surface area contributed by atoms with Crippen LogP contribution < -0.4 is 4.74 Å². The molecule has 0 radical (unpaired) electrons. The third kappa shape index (κ3) is 2.63. The monoisotopic (exact) mass is 466 g/mol. The first-order valence-electron chi connectivity index (χ1n) is 13.1. The van der Waals surface area contributed by atoms with Gasteiger partial charge in [-0.3, -0.25) is 9.88 Å². The second-order valence-electron chi connectivity index (χ2n) is 11.5. The van der Waals surface area contributed by atoms with Crippen molar-refractivity contribution in [3.8, 4) is 11.5 Å². The molecule has 2 bridgehead atoms. The quantitative estimate of drug-likeness (QED) is 0.607. The molecule has 35 heavy (non-hydrogen) atoms. The second-order valence-corrected chi connectivity index (χ2v) is 11.5. The number of phenolic OH excluding ortho intramolecular Hbond substituents is 1. The van der Waals surface area contributed by atoms with Crippen LogP contribution in [0.1, 0.15) is 58.9 Å². The van der Waals surface area contributed by atoms with Crippen LogP contribution in [-0.4, -0.2) is 44.8 Å². The largest absolute Gasteiger partial charge is 0.504 e. The van der Waals surface area contributed by atoms with Crippen LogP contribution in [0.2, 0.25) is 0 Å². The minimum atomic E-state index is -0.948. The summed E-state index contributed by atoms with van der Waals surface area (Å²) in [6, 6.07) is 16.6. The summed E-state index contributed by atoms with van der Waals surface area (Å²) in [5, 5.41) is 23.6. The molecule has 2 fully saturated rings. The number of nitrogens with zero attached hydrogens (tertiary/aromatic N) is 2. The van der Waals surface area contributed by atoms with Gasteiger partial charge in [0, 0.05) is 30.8 Å². The molecule has 178 valence electrons. The van der Waals surface area contributed by atoms with Crippen LogP contribution in [0.15, 0.2) is 54.7 Å². The number of hydrogen-bond acceptors (Lipinski definition) is 5. The van der Waals surface area contributed by atoms with Crippen LogP contribution in [-0.2, 0) is 24.7 Å². The number of ether oxygens (including phenoxy) is 1. The van der Waals surface area contributed by atoms with E-state index in [9.17, 15) is 10.2 Å². The molecule has 1 saturated carbocycles. The van der Waals surface area contributed by atoms with Crippen molar-refractivity contribution < 1.29 is 14.9 Å². The van der Waals surface area contributed by atoms with Gasteiger partial charge in [0.1, 0.15) is 0 Å². The molecule has 8 rings (SSSR count). The van der Waals surface area contributed by atoms with Gasteiger partial charge in [0.15, 0.2) is 17.6 Å². The first-order chi connectivity index (χ1) is 17.1. The van der Waals surface area contributed by atoms with Gasteiger partial charge >= 0.3 is 0 Å². The predicted octanol–water partition coefficient (Wildman–Crippen LogP) is 4.08. The zero-order valence-corrected chi connectivity index (χ0v) is 19.8. The molecule has 5 nitrogen and oxygen atoms in total. The molecule has 5 aliphatic rings. The van der Waals surface area contributed by atoms with Crippen LogP contribution in [0.4, 0.5) is 0 Å². The third-order valence-corrected chi connectivity index (χ3v) is 9.53. The van der Waals surface area contributed by atoms with Crippen molar-refractivity contribution in [2.45, 2.75) is 61.7 Å². The maximum Gasteiger partial charge on any atom is 0.166 e. The average molecular weight is 467 g/mol. The van der Waals surface area contributed by atoms with Gasteiger partial charge in [0.05, 0.1) is 16.7 Å². The minimum absolute atomic E-state index is 0.0527. The molecule has 1 aromatic heterocycles. The molecular weight excluding hydrogens is 436 g/mol. The summed E-state index contributed by atoms with van der Waals surface area (Å²) in [4.78, 5) is 7.55. The van der Waals surface area contributed by atoms with Crippen molar-refractivity contribution in [1.29, 1.82) is 0 Å². The lowest BCUT2D eigenvalue weighted by molar-refractivity contribution is -0.173. The van der Waals surface area contributed by atoms with E-state index in [1.54, 1.807) is 6.07 Å². The van der Waals surface area contributed by atoms with Gasteiger partial charge in [-0.1, -0.05) is 42.5 Å². The van der Waals surface area contributed by atoms with Crippen LogP contribution >= 0.6 is 0 Å². The Kier molecular flexibility index (Phi) is 3.98. The maximum atomic E-state index is 12.8. The second kappa shape index (κ2) is 6.86. The molecule has 3 aromatic rings. The van der Waals surface area contributed by atoms with Gasteiger partial charge in [0.25, 0.3) is 0 Å². The maximum absolute atomic E-state index is 12.8. The van der Waals surface area contributed by atoms with Crippen LogP contribution in [0.3, 0.4) is 0 Å². The highest BCUT2D eigenvalue weighted by Crippen LogP contribution is 2.68. The minimum Gasteiger partial charge on any atom is -0.504 e. The van der Waals surface area contributed by atoms with E-state index < -0.39 is 11.0 Å². The van der Waals surface area contributed by atoms with E-state index in [2.05, 4.69) is 41.3 Å². The Hall–Kier alpha value is -2.89.